The quantitative estimate of drug-likeness (QED) is 0.333. The number of esters is 1. The van der Waals surface area contributed by atoms with E-state index in [9.17, 15) is 14.4 Å². The van der Waals surface area contributed by atoms with E-state index in [4.69, 9.17) is 9.47 Å². The van der Waals surface area contributed by atoms with E-state index in [-0.39, 0.29) is 23.3 Å². The van der Waals surface area contributed by atoms with Gasteiger partial charge >= 0.3 is 5.97 Å². The zero-order chi connectivity index (χ0) is 22.5. The number of anilines is 1. The van der Waals surface area contributed by atoms with Crippen LogP contribution in [0.2, 0.25) is 0 Å². The van der Waals surface area contributed by atoms with E-state index in [1.165, 1.54) is 18.9 Å². The molecule has 2 aromatic carbocycles. The molecule has 1 aliphatic rings. The predicted molar refractivity (Wildman–Crippen MR) is 122 cm³/mol. The minimum atomic E-state index is -0.478. The zero-order valence-electron chi connectivity index (χ0n) is 17.6. The molecule has 0 radical (unpaired) electrons. The third-order valence-corrected chi connectivity index (χ3v) is 6.11. The molecule has 0 saturated carbocycles. The highest BCUT2D eigenvalue weighted by Gasteiger charge is 2.20. The lowest BCUT2D eigenvalue weighted by Crippen LogP contribution is -2.29. The fourth-order valence-corrected chi connectivity index (χ4v) is 4.39. The Morgan fingerprint density at radius 2 is 2.09 bits per heavy atom. The standard InChI is InChI=1S/C23H23N3O5S/c1-30-22(29)15-6-4-7-16(12-15)24-20(27)14-32-23-25-19-10-3-2-9-18(19)21(28)26(23)13-17-8-5-11-31-17/h2-4,6-7,9-10,12,17H,5,8,11,13-14H2,1H3,(H,24,27). The molecule has 1 N–H and O–H groups in total. The number of thioether (sulfide) groups is 1. The Balaban J connectivity index is 1.52. The predicted octanol–water partition coefficient (Wildman–Crippen LogP) is 3.09. The number of ether oxygens (including phenoxy) is 2. The fourth-order valence-electron chi connectivity index (χ4n) is 3.58. The van der Waals surface area contributed by atoms with Crippen LogP contribution in [-0.4, -0.2) is 47.0 Å². The highest BCUT2D eigenvalue weighted by Crippen LogP contribution is 2.21. The van der Waals surface area contributed by atoms with Gasteiger partial charge in [-0.2, -0.15) is 0 Å². The second kappa shape index (κ2) is 9.97. The van der Waals surface area contributed by atoms with Crippen molar-refractivity contribution < 1.29 is 19.1 Å². The summed E-state index contributed by atoms with van der Waals surface area (Å²) >= 11 is 1.19. The maximum absolute atomic E-state index is 13.1. The average Bonchev–Trinajstić information content (AvgIpc) is 3.33. The zero-order valence-corrected chi connectivity index (χ0v) is 18.4. The summed E-state index contributed by atoms with van der Waals surface area (Å²) in [5, 5.41) is 3.78. The van der Waals surface area contributed by atoms with Gasteiger partial charge in [0.15, 0.2) is 5.16 Å². The molecule has 9 heteroatoms. The molecule has 1 amide bonds. The van der Waals surface area contributed by atoms with Crippen LogP contribution < -0.4 is 10.9 Å². The Morgan fingerprint density at radius 3 is 2.88 bits per heavy atom. The van der Waals surface area contributed by atoms with Gasteiger partial charge < -0.3 is 14.8 Å². The van der Waals surface area contributed by atoms with Crippen LogP contribution in [0.4, 0.5) is 5.69 Å². The van der Waals surface area contributed by atoms with Gasteiger partial charge in [0.2, 0.25) is 5.91 Å². The Morgan fingerprint density at radius 1 is 1.25 bits per heavy atom. The number of carbonyl (C=O) groups excluding carboxylic acids is 2. The SMILES string of the molecule is COC(=O)c1cccc(NC(=O)CSc2nc3ccccc3c(=O)n2CC2CCCO2)c1. The number of methoxy groups -OCH3 is 1. The first-order valence-corrected chi connectivity index (χ1v) is 11.3. The normalized spacial score (nSPS) is 15.6. The number of fused-ring (bicyclic) bond motifs is 1. The number of carbonyl (C=O) groups is 2. The number of aromatic nitrogens is 2. The monoisotopic (exact) mass is 453 g/mol. The van der Waals surface area contributed by atoms with Crippen molar-refractivity contribution in [3.8, 4) is 0 Å². The number of nitrogens with zero attached hydrogens (tertiary/aromatic N) is 2. The molecule has 1 fully saturated rings. The first-order valence-electron chi connectivity index (χ1n) is 10.3. The molecule has 4 rings (SSSR count). The summed E-state index contributed by atoms with van der Waals surface area (Å²) in [6.07, 6.45) is 1.82. The van der Waals surface area contributed by atoms with Crippen molar-refractivity contribution in [1.29, 1.82) is 0 Å². The molecule has 0 spiro atoms. The molecule has 166 valence electrons. The van der Waals surface area contributed by atoms with E-state index in [0.29, 0.717) is 40.5 Å². The third-order valence-electron chi connectivity index (χ3n) is 5.14. The smallest absolute Gasteiger partial charge is 0.337 e. The average molecular weight is 454 g/mol. The first kappa shape index (κ1) is 22.0. The summed E-state index contributed by atoms with van der Waals surface area (Å²) in [5.74, 6) is -0.698. The van der Waals surface area contributed by atoms with Crippen LogP contribution >= 0.6 is 11.8 Å². The molecule has 1 aromatic heterocycles. The molecule has 1 atom stereocenters. The van der Waals surface area contributed by atoms with Crippen LogP contribution in [0.5, 0.6) is 0 Å². The number of hydrogen-bond donors (Lipinski definition) is 1. The molecule has 1 saturated heterocycles. The number of nitrogens with one attached hydrogen (secondary N) is 1. The summed E-state index contributed by atoms with van der Waals surface area (Å²) < 4.78 is 12.0. The summed E-state index contributed by atoms with van der Waals surface area (Å²) in [7, 11) is 1.30. The van der Waals surface area contributed by atoms with E-state index < -0.39 is 5.97 Å². The number of amides is 1. The lowest BCUT2D eigenvalue weighted by Gasteiger charge is -2.16. The van der Waals surface area contributed by atoms with Gasteiger partial charge in [-0.3, -0.25) is 14.2 Å². The molecule has 8 nitrogen and oxygen atoms in total. The van der Waals surface area contributed by atoms with Gasteiger partial charge in [0.25, 0.3) is 5.56 Å². The maximum atomic E-state index is 13.1. The second-order valence-corrected chi connectivity index (χ2v) is 8.31. The van der Waals surface area contributed by atoms with Crippen LogP contribution in [0.1, 0.15) is 23.2 Å². The van der Waals surface area contributed by atoms with Crippen molar-refractivity contribution in [2.45, 2.75) is 30.6 Å². The number of para-hydroxylation sites is 1. The molecule has 0 bridgehead atoms. The molecule has 2 heterocycles. The van der Waals surface area contributed by atoms with Crippen LogP contribution in [0.3, 0.4) is 0 Å². The van der Waals surface area contributed by atoms with E-state index in [1.807, 2.05) is 12.1 Å². The van der Waals surface area contributed by atoms with Crippen molar-refractivity contribution in [3.05, 3.63) is 64.4 Å². The summed E-state index contributed by atoms with van der Waals surface area (Å²) in [4.78, 5) is 42.0. The molecule has 0 aliphatic carbocycles. The summed E-state index contributed by atoms with van der Waals surface area (Å²) in [5.41, 5.74) is 1.29. The fraction of sp³-hybridized carbons (Fsp3) is 0.304. The van der Waals surface area contributed by atoms with Gasteiger partial charge in [-0.25, -0.2) is 9.78 Å². The van der Waals surface area contributed by atoms with Crippen molar-refractivity contribution in [3.63, 3.8) is 0 Å². The summed E-state index contributed by atoms with van der Waals surface area (Å²) in [6.45, 7) is 1.09. The van der Waals surface area contributed by atoms with Crippen molar-refractivity contribution >= 4 is 40.2 Å². The van der Waals surface area contributed by atoms with E-state index in [1.54, 1.807) is 41.0 Å². The largest absolute Gasteiger partial charge is 0.465 e. The van der Waals surface area contributed by atoms with E-state index >= 15 is 0 Å². The Bertz CT molecular complexity index is 1200. The maximum Gasteiger partial charge on any atom is 0.337 e. The highest BCUT2D eigenvalue weighted by atomic mass is 32.2. The van der Waals surface area contributed by atoms with Gasteiger partial charge in [0.1, 0.15) is 0 Å². The molecular weight excluding hydrogens is 430 g/mol. The lowest BCUT2D eigenvalue weighted by atomic mass is 10.2. The van der Waals surface area contributed by atoms with Crippen LogP contribution in [-0.2, 0) is 20.8 Å². The molecule has 1 aliphatic heterocycles. The molecule has 32 heavy (non-hydrogen) atoms. The third kappa shape index (κ3) is 5.00. The highest BCUT2D eigenvalue weighted by molar-refractivity contribution is 7.99. The number of rotatable bonds is 7. The van der Waals surface area contributed by atoms with Crippen molar-refractivity contribution in [2.24, 2.45) is 0 Å². The van der Waals surface area contributed by atoms with Gasteiger partial charge in [0, 0.05) is 12.3 Å². The van der Waals surface area contributed by atoms with Gasteiger partial charge in [0.05, 0.1) is 42.0 Å². The number of hydrogen-bond acceptors (Lipinski definition) is 7. The van der Waals surface area contributed by atoms with E-state index in [2.05, 4.69) is 10.3 Å². The molecular formula is C23H23N3O5S. The Hall–Kier alpha value is -3.17. The Kier molecular flexibility index (Phi) is 6.87. The van der Waals surface area contributed by atoms with Crippen LogP contribution in [0.25, 0.3) is 10.9 Å². The first-order chi connectivity index (χ1) is 15.5. The van der Waals surface area contributed by atoms with Crippen molar-refractivity contribution in [2.75, 3.05) is 24.8 Å². The van der Waals surface area contributed by atoms with Gasteiger partial charge in [-0.05, 0) is 43.2 Å². The second-order valence-electron chi connectivity index (χ2n) is 7.37. The Labute approximate surface area is 188 Å². The molecule has 3 aromatic rings. The molecule has 1 unspecified atom stereocenters. The topological polar surface area (TPSA) is 99.5 Å². The van der Waals surface area contributed by atoms with Crippen molar-refractivity contribution in [1.82, 2.24) is 9.55 Å². The van der Waals surface area contributed by atoms with Gasteiger partial charge in [-0.15, -0.1) is 0 Å². The van der Waals surface area contributed by atoms with E-state index in [0.717, 1.165) is 12.8 Å². The van der Waals surface area contributed by atoms with Gasteiger partial charge in [-0.1, -0.05) is 30.0 Å². The lowest BCUT2D eigenvalue weighted by molar-refractivity contribution is -0.113. The van der Waals surface area contributed by atoms with Crippen LogP contribution in [0, 0.1) is 0 Å². The number of benzene rings is 2. The van der Waals surface area contributed by atoms with Crippen LogP contribution in [0.15, 0.2) is 58.5 Å². The minimum Gasteiger partial charge on any atom is -0.465 e. The minimum absolute atomic E-state index is 0.0371. The summed E-state index contributed by atoms with van der Waals surface area (Å²) in [6, 6.07) is 13.7.